The summed E-state index contributed by atoms with van der Waals surface area (Å²) in [7, 11) is 1.49. The summed E-state index contributed by atoms with van der Waals surface area (Å²) in [6.07, 6.45) is 7.34. The van der Waals surface area contributed by atoms with Crippen LogP contribution < -0.4 is 0 Å². The highest BCUT2D eigenvalue weighted by atomic mass is 16.5. The fourth-order valence-corrected chi connectivity index (χ4v) is 2.85. The summed E-state index contributed by atoms with van der Waals surface area (Å²) in [5, 5.41) is 0. The van der Waals surface area contributed by atoms with Crippen molar-refractivity contribution in [1.82, 2.24) is 4.90 Å². The lowest BCUT2D eigenvalue weighted by atomic mass is 10.1. The first kappa shape index (κ1) is 9.97. The van der Waals surface area contributed by atoms with E-state index >= 15 is 0 Å². The molecule has 0 aromatic carbocycles. The zero-order valence-corrected chi connectivity index (χ0v) is 8.87. The van der Waals surface area contributed by atoms with Gasteiger partial charge in [0.2, 0.25) is 0 Å². The predicted molar refractivity (Wildman–Crippen MR) is 54.0 cm³/mol. The molecule has 0 aromatic heterocycles. The summed E-state index contributed by atoms with van der Waals surface area (Å²) in [4.78, 5) is 13.9. The minimum atomic E-state index is -0.0330. The molecule has 1 aliphatic heterocycles. The molecule has 1 saturated heterocycles. The maximum Gasteiger partial charge on any atom is 0.323 e. The summed E-state index contributed by atoms with van der Waals surface area (Å²) in [6, 6.07) is 0.713. The number of methoxy groups -OCH3 is 1. The molecule has 3 heteroatoms. The lowest BCUT2D eigenvalue weighted by molar-refractivity contribution is -0.146. The van der Waals surface area contributed by atoms with Gasteiger partial charge in [-0.05, 0) is 32.2 Å². The van der Waals surface area contributed by atoms with Gasteiger partial charge in [0.1, 0.15) is 6.04 Å². The molecule has 2 rings (SSSR count). The van der Waals surface area contributed by atoms with Crippen LogP contribution in [-0.2, 0) is 9.53 Å². The average molecular weight is 197 g/mol. The molecule has 14 heavy (non-hydrogen) atoms. The molecule has 0 bridgehead atoms. The minimum Gasteiger partial charge on any atom is -0.468 e. The Labute approximate surface area is 85.4 Å². The van der Waals surface area contributed by atoms with Gasteiger partial charge in [0, 0.05) is 6.04 Å². The van der Waals surface area contributed by atoms with E-state index in [-0.39, 0.29) is 12.0 Å². The van der Waals surface area contributed by atoms with Crippen molar-refractivity contribution in [3.05, 3.63) is 0 Å². The predicted octanol–water partition coefficient (Wildman–Crippen LogP) is 1.57. The monoisotopic (exact) mass is 197 g/mol. The van der Waals surface area contributed by atoms with Crippen molar-refractivity contribution in [2.24, 2.45) is 0 Å². The summed E-state index contributed by atoms with van der Waals surface area (Å²) in [5.74, 6) is -0.0330. The maximum atomic E-state index is 11.5. The second-order valence-electron chi connectivity index (χ2n) is 4.36. The molecule has 1 unspecified atom stereocenters. The molecule has 0 amide bonds. The Bertz CT molecular complexity index is 211. The highest BCUT2D eigenvalue weighted by molar-refractivity contribution is 5.76. The Hall–Kier alpha value is -0.570. The Kier molecular flexibility index (Phi) is 3.06. The summed E-state index contributed by atoms with van der Waals surface area (Å²) >= 11 is 0. The van der Waals surface area contributed by atoms with Crippen LogP contribution >= 0.6 is 0 Å². The molecule has 0 radical (unpaired) electrons. The van der Waals surface area contributed by atoms with Crippen LogP contribution in [0, 0.1) is 0 Å². The second-order valence-corrected chi connectivity index (χ2v) is 4.36. The average Bonchev–Trinajstić information content (AvgIpc) is 2.85. The highest BCUT2D eigenvalue weighted by Gasteiger charge is 2.36. The Morgan fingerprint density at radius 3 is 2.57 bits per heavy atom. The molecular weight excluding hydrogens is 178 g/mol. The standard InChI is InChI=1S/C11H19NO2/c1-14-11(13)10-7-4-8-12(10)9-5-2-3-6-9/h9-10H,2-8H2,1H3. The van der Waals surface area contributed by atoms with Gasteiger partial charge in [0.15, 0.2) is 0 Å². The van der Waals surface area contributed by atoms with Crippen molar-refractivity contribution in [2.75, 3.05) is 13.7 Å². The van der Waals surface area contributed by atoms with Crippen LogP contribution in [0.25, 0.3) is 0 Å². The first-order valence-corrected chi connectivity index (χ1v) is 5.66. The summed E-state index contributed by atoms with van der Waals surface area (Å²) in [6.45, 7) is 1.09. The van der Waals surface area contributed by atoms with Crippen molar-refractivity contribution >= 4 is 5.97 Å². The van der Waals surface area contributed by atoms with Gasteiger partial charge >= 0.3 is 5.97 Å². The van der Waals surface area contributed by atoms with Crippen LogP contribution in [0.1, 0.15) is 38.5 Å². The SMILES string of the molecule is COC(=O)C1CCCN1C1CCCC1. The minimum absolute atomic E-state index is 0.0330. The zero-order valence-electron chi connectivity index (χ0n) is 8.87. The number of rotatable bonds is 2. The van der Waals surface area contributed by atoms with Gasteiger partial charge in [-0.1, -0.05) is 12.8 Å². The molecular formula is C11H19NO2. The summed E-state index contributed by atoms with van der Waals surface area (Å²) in [5.41, 5.74) is 0. The highest BCUT2D eigenvalue weighted by Crippen LogP contribution is 2.30. The quantitative estimate of drug-likeness (QED) is 0.629. The number of ether oxygens (including phenoxy) is 1. The molecule has 3 nitrogen and oxygen atoms in total. The van der Waals surface area contributed by atoms with E-state index in [1.165, 1.54) is 32.8 Å². The molecule has 0 spiro atoms. The van der Waals surface area contributed by atoms with E-state index in [9.17, 15) is 4.79 Å². The van der Waals surface area contributed by atoms with Crippen molar-refractivity contribution < 1.29 is 9.53 Å². The molecule has 2 fully saturated rings. The van der Waals surface area contributed by atoms with Crippen molar-refractivity contribution in [2.45, 2.75) is 50.6 Å². The van der Waals surface area contributed by atoms with E-state index in [0.717, 1.165) is 19.4 Å². The number of carbonyl (C=O) groups is 1. The third kappa shape index (κ3) is 1.78. The molecule has 80 valence electrons. The van der Waals surface area contributed by atoms with E-state index in [4.69, 9.17) is 4.74 Å². The first-order chi connectivity index (χ1) is 6.83. The smallest absolute Gasteiger partial charge is 0.323 e. The molecule has 1 aliphatic carbocycles. The number of hydrogen-bond donors (Lipinski definition) is 0. The summed E-state index contributed by atoms with van der Waals surface area (Å²) < 4.78 is 4.84. The van der Waals surface area contributed by atoms with Gasteiger partial charge in [-0.15, -0.1) is 0 Å². The maximum absolute atomic E-state index is 11.5. The molecule has 2 aliphatic rings. The van der Waals surface area contributed by atoms with E-state index < -0.39 is 0 Å². The van der Waals surface area contributed by atoms with Gasteiger partial charge in [-0.25, -0.2) is 0 Å². The first-order valence-electron chi connectivity index (χ1n) is 5.66. The zero-order chi connectivity index (χ0) is 9.97. The van der Waals surface area contributed by atoms with Crippen LogP contribution in [-0.4, -0.2) is 36.6 Å². The topological polar surface area (TPSA) is 29.5 Å². The largest absolute Gasteiger partial charge is 0.468 e. The number of carbonyl (C=O) groups excluding carboxylic acids is 1. The fraction of sp³-hybridized carbons (Fsp3) is 0.909. The van der Waals surface area contributed by atoms with Crippen LogP contribution in [0.3, 0.4) is 0 Å². The van der Waals surface area contributed by atoms with Gasteiger partial charge in [-0.3, -0.25) is 9.69 Å². The Morgan fingerprint density at radius 1 is 1.21 bits per heavy atom. The number of nitrogens with zero attached hydrogens (tertiary/aromatic N) is 1. The third-order valence-electron chi connectivity index (χ3n) is 3.56. The fourth-order valence-electron chi connectivity index (χ4n) is 2.85. The number of esters is 1. The lowest BCUT2D eigenvalue weighted by Gasteiger charge is -2.28. The van der Waals surface area contributed by atoms with Crippen LogP contribution in [0.15, 0.2) is 0 Å². The van der Waals surface area contributed by atoms with Gasteiger partial charge in [0.05, 0.1) is 7.11 Å². The van der Waals surface area contributed by atoms with Gasteiger partial charge in [-0.2, -0.15) is 0 Å². The van der Waals surface area contributed by atoms with Gasteiger partial charge < -0.3 is 4.74 Å². The lowest BCUT2D eigenvalue weighted by Crippen LogP contribution is -2.42. The van der Waals surface area contributed by atoms with Crippen LogP contribution in [0.4, 0.5) is 0 Å². The second kappa shape index (κ2) is 4.30. The van der Waals surface area contributed by atoms with E-state index in [1.54, 1.807) is 0 Å². The molecule has 1 saturated carbocycles. The van der Waals surface area contributed by atoms with Crippen molar-refractivity contribution in [3.8, 4) is 0 Å². The number of hydrogen-bond acceptors (Lipinski definition) is 3. The van der Waals surface area contributed by atoms with Crippen LogP contribution in [0.5, 0.6) is 0 Å². The molecule has 0 aromatic rings. The van der Waals surface area contributed by atoms with E-state index in [1.807, 2.05) is 0 Å². The Balaban J connectivity index is 1.98. The molecule has 1 atom stereocenters. The molecule has 1 heterocycles. The Morgan fingerprint density at radius 2 is 1.93 bits per heavy atom. The van der Waals surface area contributed by atoms with E-state index in [0.29, 0.717) is 6.04 Å². The van der Waals surface area contributed by atoms with Gasteiger partial charge in [0.25, 0.3) is 0 Å². The number of likely N-dealkylation sites (tertiary alicyclic amines) is 1. The van der Waals surface area contributed by atoms with Crippen LogP contribution in [0.2, 0.25) is 0 Å². The molecule has 0 N–H and O–H groups in total. The van der Waals surface area contributed by atoms with Crippen molar-refractivity contribution in [3.63, 3.8) is 0 Å². The van der Waals surface area contributed by atoms with E-state index in [2.05, 4.69) is 4.90 Å². The third-order valence-corrected chi connectivity index (χ3v) is 3.56. The normalized spacial score (nSPS) is 29.6. The van der Waals surface area contributed by atoms with Crippen molar-refractivity contribution in [1.29, 1.82) is 0 Å².